The summed E-state index contributed by atoms with van der Waals surface area (Å²) in [5, 5.41) is 7.31. The molecule has 0 atom stereocenters. The fourth-order valence-corrected chi connectivity index (χ4v) is 3.28. The summed E-state index contributed by atoms with van der Waals surface area (Å²) in [6.45, 7) is 0. The van der Waals surface area contributed by atoms with E-state index in [9.17, 15) is 0 Å². The highest BCUT2D eigenvalue weighted by Gasteiger charge is 2.22. The first-order chi connectivity index (χ1) is 12.2. The number of nitrogens with zero attached hydrogens (tertiary/aromatic N) is 3. The van der Waals surface area contributed by atoms with E-state index in [1.807, 2.05) is 36.4 Å². The number of rotatable bonds is 5. The van der Waals surface area contributed by atoms with E-state index in [2.05, 4.69) is 48.2 Å². The van der Waals surface area contributed by atoms with Crippen molar-refractivity contribution in [3.05, 3.63) is 57.4 Å². The Kier molecular flexibility index (Phi) is 4.72. The topological polar surface area (TPSA) is 62.7 Å². The van der Waals surface area contributed by atoms with Crippen LogP contribution in [0, 0.1) is 3.57 Å². The molecule has 5 nitrogen and oxygen atoms in total. The van der Waals surface area contributed by atoms with Crippen molar-refractivity contribution in [2.45, 2.75) is 18.9 Å². The van der Waals surface area contributed by atoms with Gasteiger partial charge in [0.15, 0.2) is 0 Å². The normalized spacial score (nSPS) is 13.5. The Morgan fingerprint density at radius 3 is 2.72 bits per heavy atom. The molecule has 0 aliphatic heterocycles. The minimum Gasteiger partial charge on any atom is -0.351 e. The molecular formula is C18H15ClIN5. The number of aromatic nitrogens is 3. The van der Waals surface area contributed by atoms with Crippen LogP contribution in [0.15, 0.2) is 48.8 Å². The lowest BCUT2D eigenvalue weighted by Gasteiger charge is -2.12. The van der Waals surface area contributed by atoms with Crippen LogP contribution in [-0.4, -0.2) is 21.0 Å². The fourth-order valence-electron chi connectivity index (χ4n) is 2.38. The third-order valence-corrected chi connectivity index (χ3v) is 4.77. The van der Waals surface area contributed by atoms with Gasteiger partial charge in [-0.2, -0.15) is 4.98 Å². The molecule has 25 heavy (non-hydrogen) atoms. The predicted molar refractivity (Wildman–Crippen MR) is 109 cm³/mol. The van der Waals surface area contributed by atoms with Crippen molar-refractivity contribution in [1.82, 2.24) is 15.0 Å². The molecule has 7 heteroatoms. The standard InChI is InChI=1S/C18H15ClIN5/c19-14-8-12(20)3-6-15(14)23-17-9-16(11-2-1-7-21-10-11)24-18(25-17)22-13-4-5-13/h1-3,6-10,13H,4-5H2,(H2,22,23,24,25). The van der Waals surface area contributed by atoms with Crippen molar-refractivity contribution < 1.29 is 0 Å². The monoisotopic (exact) mass is 463 g/mol. The Morgan fingerprint density at radius 1 is 1.12 bits per heavy atom. The minimum absolute atomic E-state index is 0.471. The Hall–Kier alpha value is -1.93. The highest BCUT2D eigenvalue weighted by Crippen LogP contribution is 2.30. The summed E-state index contributed by atoms with van der Waals surface area (Å²) < 4.78 is 1.09. The Morgan fingerprint density at radius 2 is 2.00 bits per heavy atom. The average Bonchev–Trinajstić information content (AvgIpc) is 3.42. The van der Waals surface area contributed by atoms with Gasteiger partial charge in [-0.3, -0.25) is 4.98 Å². The zero-order valence-electron chi connectivity index (χ0n) is 13.2. The third kappa shape index (κ3) is 4.19. The number of anilines is 3. The van der Waals surface area contributed by atoms with Gasteiger partial charge in [-0.25, -0.2) is 4.98 Å². The van der Waals surface area contributed by atoms with E-state index in [4.69, 9.17) is 11.6 Å². The van der Waals surface area contributed by atoms with Crippen molar-refractivity contribution in [3.8, 4) is 11.3 Å². The first-order valence-corrected chi connectivity index (χ1v) is 9.41. The molecular weight excluding hydrogens is 449 g/mol. The van der Waals surface area contributed by atoms with E-state index < -0.39 is 0 Å². The molecule has 0 bridgehead atoms. The number of hydrogen-bond donors (Lipinski definition) is 2. The SMILES string of the molecule is Clc1cc(I)ccc1Nc1cc(-c2cccnc2)nc(NC2CC2)n1. The number of pyridine rings is 1. The first-order valence-electron chi connectivity index (χ1n) is 7.95. The first kappa shape index (κ1) is 16.5. The molecule has 1 aliphatic rings. The second kappa shape index (κ2) is 7.13. The molecule has 0 unspecified atom stereocenters. The number of halogens is 2. The molecule has 1 saturated carbocycles. The molecule has 0 amide bonds. The molecule has 0 saturated heterocycles. The van der Waals surface area contributed by atoms with Crippen LogP contribution in [0.25, 0.3) is 11.3 Å². The lowest BCUT2D eigenvalue weighted by Crippen LogP contribution is -2.08. The number of benzene rings is 1. The molecule has 0 spiro atoms. The van der Waals surface area contributed by atoms with Crippen LogP contribution in [0.5, 0.6) is 0 Å². The largest absolute Gasteiger partial charge is 0.351 e. The molecule has 1 aromatic carbocycles. The maximum Gasteiger partial charge on any atom is 0.225 e. The zero-order chi connectivity index (χ0) is 17.2. The van der Waals surface area contributed by atoms with Gasteiger partial charge in [-0.15, -0.1) is 0 Å². The van der Waals surface area contributed by atoms with Crippen LogP contribution in [-0.2, 0) is 0 Å². The molecule has 1 aliphatic carbocycles. The summed E-state index contributed by atoms with van der Waals surface area (Å²) in [5.41, 5.74) is 2.58. The van der Waals surface area contributed by atoms with Crippen molar-refractivity contribution in [2.24, 2.45) is 0 Å². The smallest absolute Gasteiger partial charge is 0.225 e. The third-order valence-electron chi connectivity index (χ3n) is 3.79. The maximum atomic E-state index is 6.33. The van der Waals surface area contributed by atoms with Crippen molar-refractivity contribution in [1.29, 1.82) is 0 Å². The van der Waals surface area contributed by atoms with Crippen LogP contribution in [0.4, 0.5) is 17.5 Å². The van der Waals surface area contributed by atoms with Crippen molar-refractivity contribution >= 4 is 51.6 Å². The minimum atomic E-state index is 0.471. The highest BCUT2D eigenvalue weighted by molar-refractivity contribution is 14.1. The Labute approximate surface area is 164 Å². The van der Waals surface area contributed by atoms with Crippen LogP contribution < -0.4 is 10.6 Å². The molecule has 2 N–H and O–H groups in total. The number of hydrogen-bond acceptors (Lipinski definition) is 5. The summed E-state index contributed by atoms with van der Waals surface area (Å²) in [5.74, 6) is 1.31. The Bertz CT molecular complexity index is 899. The van der Waals surface area contributed by atoms with E-state index in [-0.39, 0.29) is 0 Å². The molecule has 126 valence electrons. The van der Waals surface area contributed by atoms with Crippen molar-refractivity contribution in [3.63, 3.8) is 0 Å². The molecule has 4 rings (SSSR count). The van der Waals surface area contributed by atoms with Gasteiger partial charge in [-0.1, -0.05) is 11.6 Å². The molecule has 0 radical (unpaired) electrons. The van der Waals surface area contributed by atoms with Gasteiger partial charge in [0.25, 0.3) is 0 Å². The molecule has 2 heterocycles. The lowest BCUT2D eigenvalue weighted by molar-refractivity contribution is 1.06. The summed E-state index contributed by atoms with van der Waals surface area (Å²) in [6.07, 6.45) is 5.86. The van der Waals surface area contributed by atoms with E-state index in [0.717, 1.165) is 33.4 Å². The zero-order valence-corrected chi connectivity index (χ0v) is 16.1. The second-order valence-electron chi connectivity index (χ2n) is 5.87. The van der Waals surface area contributed by atoms with Crippen LogP contribution >= 0.6 is 34.2 Å². The lowest BCUT2D eigenvalue weighted by atomic mass is 10.2. The van der Waals surface area contributed by atoms with Gasteiger partial charge in [-0.05, 0) is 65.8 Å². The van der Waals surface area contributed by atoms with Crippen LogP contribution in [0.1, 0.15) is 12.8 Å². The Balaban J connectivity index is 1.70. The van der Waals surface area contributed by atoms with E-state index in [0.29, 0.717) is 22.8 Å². The summed E-state index contributed by atoms with van der Waals surface area (Å²) >= 11 is 8.57. The van der Waals surface area contributed by atoms with Crippen molar-refractivity contribution in [2.75, 3.05) is 10.6 Å². The van der Waals surface area contributed by atoms with Gasteiger partial charge in [0, 0.05) is 33.6 Å². The maximum absolute atomic E-state index is 6.33. The summed E-state index contributed by atoms with van der Waals surface area (Å²) in [7, 11) is 0. The average molecular weight is 464 g/mol. The van der Waals surface area contributed by atoms with Gasteiger partial charge in [0.05, 0.1) is 16.4 Å². The number of nitrogens with one attached hydrogen (secondary N) is 2. The molecule has 2 aromatic heterocycles. The second-order valence-corrected chi connectivity index (χ2v) is 7.52. The van der Waals surface area contributed by atoms with Gasteiger partial charge in [0.1, 0.15) is 5.82 Å². The predicted octanol–water partition coefficient (Wildman–Crippen LogP) is 5.11. The van der Waals surface area contributed by atoms with Crippen LogP contribution in [0.3, 0.4) is 0 Å². The molecule has 3 aromatic rings. The van der Waals surface area contributed by atoms with E-state index >= 15 is 0 Å². The van der Waals surface area contributed by atoms with Gasteiger partial charge >= 0.3 is 0 Å². The van der Waals surface area contributed by atoms with Gasteiger partial charge < -0.3 is 10.6 Å². The van der Waals surface area contributed by atoms with E-state index in [1.165, 1.54) is 0 Å². The quantitative estimate of drug-likeness (QED) is 0.515. The summed E-state index contributed by atoms with van der Waals surface area (Å²) in [4.78, 5) is 13.4. The fraction of sp³-hybridized carbons (Fsp3) is 0.167. The van der Waals surface area contributed by atoms with Crippen LogP contribution in [0.2, 0.25) is 5.02 Å². The van der Waals surface area contributed by atoms with E-state index in [1.54, 1.807) is 12.4 Å². The summed E-state index contributed by atoms with van der Waals surface area (Å²) in [6, 6.07) is 12.1. The highest BCUT2D eigenvalue weighted by atomic mass is 127. The van der Waals surface area contributed by atoms with Gasteiger partial charge in [0.2, 0.25) is 5.95 Å². The molecule has 1 fully saturated rings.